The summed E-state index contributed by atoms with van der Waals surface area (Å²) >= 11 is 1.17. The van der Waals surface area contributed by atoms with Gasteiger partial charge in [-0.3, -0.25) is 5.41 Å². The van der Waals surface area contributed by atoms with Gasteiger partial charge >= 0.3 is 11.9 Å². The van der Waals surface area contributed by atoms with Crippen molar-refractivity contribution in [2.24, 2.45) is 5.73 Å². The van der Waals surface area contributed by atoms with E-state index in [-0.39, 0.29) is 17.1 Å². The van der Waals surface area contributed by atoms with Crippen LogP contribution in [0, 0.1) is 5.41 Å². The summed E-state index contributed by atoms with van der Waals surface area (Å²) in [5.74, 6) is -2.17. The molecular formula is C18H19N3O5S. The van der Waals surface area contributed by atoms with Crippen molar-refractivity contribution < 1.29 is 24.5 Å². The number of anilines is 1. The Balaban J connectivity index is 2.48. The molecule has 0 aliphatic carbocycles. The quantitative estimate of drug-likeness (QED) is 0.263. The van der Waals surface area contributed by atoms with Gasteiger partial charge in [0.15, 0.2) is 6.04 Å². The number of nitrogens with one attached hydrogen (secondary N) is 2. The van der Waals surface area contributed by atoms with E-state index in [0.29, 0.717) is 21.7 Å². The van der Waals surface area contributed by atoms with E-state index in [1.807, 2.05) is 0 Å². The Labute approximate surface area is 159 Å². The summed E-state index contributed by atoms with van der Waals surface area (Å²) in [5.41, 5.74) is 6.77. The summed E-state index contributed by atoms with van der Waals surface area (Å²) in [6.45, 7) is 0. The SMILES string of the molecule is COc1c(C(Nc2ccc(C(=N)N)cc2)C(=O)O)ccc(C(=O)O)c1SC. The van der Waals surface area contributed by atoms with Gasteiger partial charge in [-0.1, -0.05) is 6.07 Å². The first-order chi connectivity index (χ1) is 12.8. The van der Waals surface area contributed by atoms with Crippen LogP contribution in [0.5, 0.6) is 5.75 Å². The second-order valence-electron chi connectivity index (χ2n) is 5.48. The molecular weight excluding hydrogens is 370 g/mol. The molecule has 0 spiro atoms. The van der Waals surface area contributed by atoms with Crippen LogP contribution in [0.1, 0.15) is 27.5 Å². The molecule has 0 heterocycles. The summed E-state index contributed by atoms with van der Waals surface area (Å²) in [5, 5.41) is 29.3. The van der Waals surface area contributed by atoms with Gasteiger partial charge < -0.3 is 26.0 Å². The first kappa shape index (κ1) is 20.1. The Kier molecular flexibility index (Phi) is 6.30. The predicted octanol–water partition coefficient (Wildman–Crippen LogP) is 2.64. The van der Waals surface area contributed by atoms with Gasteiger partial charge in [0.1, 0.15) is 11.6 Å². The van der Waals surface area contributed by atoms with Crippen molar-refractivity contribution >= 4 is 35.2 Å². The molecule has 27 heavy (non-hydrogen) atoms. The van der Waals surface area contributed by atoms with Crippen LogP contribution in [0.25, 0.3) is 0 Å². The number of carboxylic acid groups (broad SMARTS) is 2. The second-order valence-corrected chi connectivity index (χ2v) is 6.30. The number of carbonyl (C=O) groups is 2. The minimum atomic E-state index is -1.17. The average molecular weight is 389 g/mol. The molecule has 8 nitrogen and oxygen atoms in total. The zero-order valence-electron chi connectivity index (χ0n) is 14.6. The van der Waals surface area contributed by atoms with Gasteiger partial charge in [-0.15, -0.1) is 11.8 Å². The molecule has 9 heteroatoms. The molecule has 2 rings (SSSR count). The number of hydrogen-bond donors (Lipinski definition) is 5. The Hall–Kier alpha value is -3.20. The number of aromatic carboxylic acids is 1. The molecule has 2 aromatic carbocycles. The van der Waals surface area contributed by atoms with Gasteiger partial charge in [-0.2, -0.15) is 0 Å². The van der Waals surface area contributed by atoms with Gasteiger partial charge in [0, 0.05) is 16.8 Å². The standard InChI is InChI=1S/C18H19N3O5S/c1-26-14-11(7-8-12(17(22)23)15(14)27-2)13(18(24)25)21-10-5-3-9(4-6-10)16(19)20/h3-8,13,21H,1-2H3,(H3,19,20)(H,22,23)(H,24,25). The minimum absolute atomic E-state index is 0.0399. The first-order valence-electron chi connectivity index (χ1n) is 7.72. The van der Waals surface area contributed by atoms with Crippen LogP contribution in [0.2, 0.25) is 0 Å². The molecule has 0 aromatic heterocycles. The van der Waals surface area contributed by atoms with Crippen molar-refractivity contribution in [2.45, 2.75) is 10.9 Å². The fourth-order valence-electron chi connectivity index (χ4n) is 2.57. The Morgan fingerprint density at radius 3 is 2.26 bits per heavy atom. The fraction of sp³-hybridized carbons (Fsp3) is 0.167. The smallest absolute Gasteiger partial charge is 0.336 e. The van der Waals surface area contributed by atoms with Crippen LogP contribution in [-0.4, -0.2) is 41.4 Å². The van der Waals surface area contributed by atoms with Crippen LogP contribution >= 0.6 is 11.8 Å². The first-order valence-corrected chi connectivity index (χ1v) is 8.94. The lowest BCUT2D eigenvalue weighted by atomic mass is 10.0. The highest BCUT2D eigenvalue weighted by Gasteiger charge is 2.27. The molecule has 0 amide bonds. The lowest BCUT2D eigenvalue weighted by Gasteiger charge is -2.21. The summed E-state index contributed by atoms with van der Waals surface area (Å²) in [4.78, 5) is 23.6. The van der Waals surface area contributed by atoms with Gasteiger partial charge in [0.25, 0.3) is 0 Å². The van der Waals surface area contributed by atoms with Crippen molar-refractivity contribution in [1.82, 2.24) is 0 Å². The number of rotatable bonds is 8. The Bertz CT molecular complexity index is 883. The van der Waals surface area contributed by atoms with Crippen LogP contribution in [0.3, 0.4) is 0 Å². The molecule has 0 aliphatic heterocycles. The number of hydrogen-bond acceptors (Lipinski definition) is 6. The van der Waals surface area contributed by atoms with E-state index >= 15 is 0 Å². The molecule has 0 radical (unpaired) electrons. The largest absolute Gasteiger partial charge is 0.495 e. The van der Waals surface area contributed by atoms with E-state index in [9.17, 15) is 19.8 Å². The van der Waals surface area contributed by atoms with Crippen LogP contribution in [0.15, 0.2) is 41.3 Å². The Morgan fingerprint density at radius 1 is 1.19 bits per heavy atom. The van der Waals surface area contributed by atoms with Crippen LogP contribution in [-0.2, 0) is 4.79 Å². The Morgan fingerprint density at radius 2 is 1.81 bits per heavy atom. The third-order valence-electron chi connectivity index (χ3n) is 3.85. The van der Waals surface area contributed by atoms with E-state index in [0.717, 1.165) is 0 Å². The highest BCUT2D eigenvalue weighted by Crippen LogP contribution is 2.38. The van der Waals surface area contributed by atoms with Crippen molar-refractivity contribution in [3.05, 3.63) is 53.1 Å². The average Bonchev–Trinajstić information content (AvgIpc) is 2.64. The number of nitrogens with two attached hydrogens (primary N) is 1. The van der Waals surface area contributed by atoms with Gasteiger partial charge in [0.2, 0.25) is 0 Å². The molecule has 1 atom stereocenters. The number of carboxylic acids is 2. The molecule has 0 bridgehead atoms. The molecule has 6 N–H and O–H groups in total. The highest BCUT2D eigenvalue weighted by atomic mass is 32.2. The molecule has 2 aromatic rings. The highest BCUT2D eigenvalue weighted by molar-refractivity contribution is 7.98. The number of nitrogen functional groups attached to an aromatic ring is 1. The summed E-state index contributed by atoms with van der Waals surface area (Å²) < 4.78 is 5.35. The molecule has 1 unspecified atom stereocenters. The van der Waals surface area contributed by atoms with E-state index in [1.165, 1.54) is 31.0 Å². The normalized spacial score (nSPS) is 11.5. The third kappa shape index (κ3) is 4.32. The number of thioether (sulfide) groups is 1. The number of amidine groups is 1. The lowest BCUT2D eigenvalue weighted by Crippen LogP contribution is -2.22. The fourth-order valence-corrected chi connectivity index (χ4v) is 3.33. The van der Waals surface area contributed by atoms with Crippen molar-refractivity contribution in [3.63, 3.8) is 0 Å². The van der Waals surface area contributed by atoms with E-state index in [1.54, 1.807) is 30.5 Å². The van der Waals surface area contributed by atoms with Gasteiger partial charge in [-0.05, 0) is 36.6 Å². The third-order valence-corrected chi connectivity index (χ3v) is 4.66. The molecule has 0 fully saturated rings. The maximum atomic E-state index is 11.9. The summed E-state index contributed by atoms with van der Waals surface area (Å²) in [6, 6.07) is 8.04. The topological polar surface area (TPSA) is 146 Å². The van der Waals surface area contributed by atoms with Crippen LogP contribution < -0.4 is 15.8 Å². The number of ether oxygens (including phenoxy) is 1. The van der Waals surface area contributed by atoms with Crippen molar-refractivity contribution in [2.75, 3.05) is 18.7 Å². The number of benzene rings is 2. The molecule has 0 saturated carbocycles. The number of methoxy groups -OCH3 is 1. The van der Waals surface area contributed by atoms with Crippen molar-refractivity contribution in [3.8, 4) is 5.75 Å². The van der Waals surface area contributed by atoms with E-state index in [2.05, 4.69) is 5.32 Å². The summed E-state index contributed by atoms with van der Waals surface area (Å²) in [7, 11) is 1.37. The predicted molar refractivity (Wildman–Crippen MR) is 103 cm³/mol. The second kappa shape index (κ2) is 8.45. The summed E-state index contributed by atoms with van der Waals surface area (Å²) in [6.07, 6.45) is 1.69. The van der Waals surface area contributed by atoms with Crippen LogP contribution in [0.4, 0.5) is 5.69 Å². The maximum Gasteiger partial charge on any atom is 0.336 e. The zero-order valence-corrected chi connectivity index (χ0v) is 15.5. The van der Waals surface area contributed by atoms with Crippen molar-refractivity contribution in [1.29, 1.82) is 5.41 Å². The molecule has 142 valence electrons. The van der Waals surface area contributed by atoms with E-state index in [4.69, 9.17) is 15.9 Å². The molecule has 0 aliphatic rings. The molecule has 0 saturated heterocycles. The lowest BCUT2D eigenvalue weighted by molar-refractivity contribution is -0.138. The van der Waals surface area contributed by atoms with Gasteiger partial charge in [0.05, 0.1) is 17.6 Å². The number of aliphatic carboxylic acids is 1. The minimum Gasteiger partial charge on any atom is -0.495 e. The monoisotopic (exact) mass is 389 g/mol. The zero-order chi connectivity index (χ0) is 20.1. The van der Waals surface area contributed by atoms with E-state index < -0.39 is 18.0 Å². The van der Waals surface area contributed by atoms with Gasteiger partial charge in [-0.25, -0.2) is 9.59 Å². The maximum absolute atomic E-state index is 11.9.